The van der Waals surface area contributed by atoms with Crippen LogP contribution in [-0.4, -0.2) is 48.0 Å². The average Bonchev–Trinajstić information content (AvgIpc) is 2.80. The van der Waals surface area contributed by atoms with Crippen molar-refractivity contribution in [3.63, 3.8) is 0 Å². The number of phenolic OH excluding ortho intramolecular Hbond substituents is 1. The number of benzene rings is 2. The summed E-state index contributed by atoms with van der Waals surface area (Å²) in [6.07, 6.45) is 2.01. The second-order valence-electron chi connectivity index (χ2n) is 9.54. The van der Waals surface area contributed by atoms with Gasteiger partial charge in [-0.3, -0.25) is 9.59 Å². The molecular weight excluding hydrogens is 414 g/mol. The number of Topliss-reactive ketones (excluding diaryl/α,β-unsaturated/α-hetero) is 1. The fourth-order valence-electron chi connectivity index (χ4n) is 4.93. The van der Waals surface area contributed by atoms with Gasteiger partial charge in [0.05, 0.1) is 13.0 Å². The Morgan fingerprint density at radius 3 is 2.58 bits per heavy atom. The van der Waals surface area contributed by atoms with E-state index < -0.39 is 0 Å². The Bertz CT molecular complexity index is 929. The summed E-state index contributed by atoms with van der Waals surface area (Å²) in [4.78, 5) is 27.3. The highest BCUT2D eigenvalue weighted by Crippen LogP contribution is 2.40. The van der Waals surface area contributed by atoms with E-state index in [4.69, 9.17) is 4.74 Å². The molecule has 1 aliphatic rings. The van der Waals surface area contributed by atoms with E-state index in [-0.39, 0.29) is 35.9 Å². The van der Waals surface area contributed by atoms with E-state index in [2.05, 4.69) is 36.9 Å². The Morgan fingerprint density at radius 1 is 1.15 bits per heavy atom. The number of nitrogens with zero attached hydrogens (tertiary/aromatic N) is 1. The zero-order valence-corrected chi connectivity index (χ0v) is 20.1. The zero-order valence-electron chi connectivity index (χ0n) is 20.1. The van der Waals surface area contributed by atoms with E-state index in [0.29, 0.717) is 31.2 Å². The normalized spacial score (nSPS) is 22.0. The number of aromatic hydroxyl groups is 1. The van der Waals surface area contributed by atoms with Crippen LogP contribution in [0.25, 0.3) is 0 Å². The van der Waals surface area contributed by atoms with Gasteiger partial charge in [-0.2, -0.15) is 0 Å². The van der Waals surface area contributed by atoms with Crippen molar-refractivity contribution in [1.29, 1.82) is 0 Å². The molecule has 3 rings (SSSR count). The summed E-state index contributed by atoms with van der Waals surface area (Å²) in [5.74, 6) is 0.344. The lowest BCUT2D eigenvalue weighted by atomic mass is 9.68. The summed E-state index contributed by atoms with van der Waals surface area (Å²) >= 11 is 0. The van der Waals surface area contributed by atoms with Crippen molar-refractivity contribution in [2.24, 2.45) is 11.8 Å². The van der Waals surface area contributed by atoms with Crippen molar-refractivity contribution < 1.29 is 19.4 Å². The fraction of sp³-hybridized carbons (Fsp3) is 0.500. The van der Waals surface area contributed by atoms with E-state index >= 15 is 0 Å². The third-order valence-electron chi connectivity index (χ3n) is 7.21. The molecule has 1 heterocycles. The summed E-state index contributed by atoms with van der Waals surface area (Å²) in [5, 5.41) is 9.96. The summed E-state index contributed by atoms with van der Waals surface area (Å²) in [7, 11) is 0. The number of carbonyl (C=O) groups is 2. The lowest BCUT2D eigenvalue weighted by molar-refractivity contribution is -0.144. The van der Waals surface area contributed by atoms with Crippen LogP contribution in [0.4, 0.5) is 0 Å². The number of esters is 1. The lowest BCUT2D eigenvalue weighted by Crippen LogP contribution is -2.49. The van der Waals surface area contributed by atoms with Gasteiger partial charge < -0.3 is 14.7 Å². The SMILES string of the molecule is CCOC(=O)CCC(=O)[C@@H](Cc1ccccc1)CN1CC[C@@](C)(c2cccc(O)c2)[C@@H](C)C1. The van der Waals surface area contributed by atoms with Crippen molar-refractivity contribution in [1.82, 2.24) is 4.90 Å². The van der Waals surface area contributed by atoms with Crippen molar-refractivity contribution in [2.75, 3.05) is 26.2 Å². The largest absolute Gasteiger partial charge is 0.508 e. The van der Waals surface area contributed by atoms with Gasteiger partial charge in [0.1, 0.15) is 11.5 Å². The van der Waals surface area contributed by atoms with E-state index in [0.717, 1.165) is 25.1 Å². The maximum atomic E-state index is 13.1. The zero-order chi connectivity index (χ0) is 23.8. The number of hydrogen-bond acceptors (Lipinski definition) is 5. The Kier molecular flexibility index (Phi) is 8.67. The molecule has 5 nitrogen and oxygen atoms in total. The number of carbonyl (C=O) groups excluding carboxylic acids is 2. The van der Waals surface area contributed by atoms with Gasteiger partial charge in [0.2, 0.25) is 0 Å². The number of ether oxygens (including phenoxy) is 1. The smallest absolute Gasteiger partial charge is 0.306 e. The molecule has 1 fully saturated rings. The summed E-state index contributed by atoms with van der Waals surface area (Å²) < 4.78 is 5.01. The molecule has 5 heteroatoms. The van der Waals surface area contributed by atoms with E-state index in [1.54, 1.807) is 13.0 Å². The molecule has 2 aromatic rings. The van der Waals surface area contributed by atoms with Gasteiger partial charge >= 0.3 is 5.97 Å². The van der Waals surface area contributed by atoms with Crippen molar-refractivity contribution >= 4 is 11.8 Å². The van der Waals surface area contributed by atoms with E-state index in [1.165, 1.54) is 5.56 Å². The van der Waals surface area contributed by atoms with Gasteiger partial charge in [0.15, 0.2) is 0 Å². The molecule has 0 unspecified atom stereocenters. The number of ketones is 1. The summed E-state index contributed by atoms with van der Waals surface area (Å²) in [6.45, 7) is 9.12. The topological polar surface area (TPSA) is 66.8 Å². The molecule has 0 amide bonds. The monoisotopic (exact) mass is 451 g/mol. The fourth-order valence-corrected chi connectivity index (χ4v) is 4.93. The van der Waals surface area contributed by atoms with Gasteiger partial charge in [0, 0.05) is 25.4 Å². The van der Waals surface area contributed by atoms with Gasteiger partial charge in [-0.1, -0.05) is 56.3 Å². The first-order chi connectivity index (χ1) is 15.8. The van der Waals surface area contributed by atoms with E-state index in [1.807, 2.05) is 30.3 Å². The maximum absolute atomic E-state index is 13.1. The Labute approximate surface area is 197 Å². The first kappa shape index (κ1) is 25.0. The molecule has 33 heavy (non-hydrogen) atoms. The highest BCUT2D eigenvalue weighted by molar-refractivity contribution is 5.85. The predicted octanol–water partition coefficient (Wildman–Crippen LogP) is 4.76. The van der Waals surface area contributed by atoms with Gasteiger partial charge in [-0.05, 0) is 60.9 Å². The molecule has 2 aromatic carbocycles. The van der Waals surface area contributed by atoms with Crippen LogP contribution in [0.15, 0.2) is 54.6 Å². The van der Waals surface area contributed by atoms with Crippen LogP contribution in [0.1, 0.15) is 51.2 Å². The molecule has 0 radical (unpaired) electrons. The highest BCUT2D eigenvalue weighted by atomic mass is 16.5. The van der Waals surface area contributed by atoms with E-state index in [9.17, 15) is 14.7 Å². The molecule has 1 N–H and O–H groups in total. The van der Waals surface area contributed by atoms with Crippen LogP contribution in [0.3, 0.4) is 0 Å². The standard InChI is InChI=1S/C28H37NO4/c1-4-33-27(32)14-13-26(31)23(17-22-9-6-5-7-10-22)20-29-16-15-28(3,21(2)19-29)24-11-8-12-25(30)18-24/h5-12,18,21,23,30H,4,13-17,19-20H2,1-3H3/t21-,23-,28+/m0/s1. The maximum Gasteiger partial charge on any atom is 0.306 e. The first-order valence-corrected chi connectivity index (χ1v) is 12.1. The second kappa shape index (κ2) is 11.5. The molecule has 0 aliphatic carbocycles. The number of hydrogen-bond donors (Lipinski definition) is 1. The molecular formula is C28H37NO4. The Hall–Kier alpha value is -2.66. The van der Waals surface area contributed by atoms with Crippen LogP contribution < -0.4 is 0 Å². The molecule has 1 aliphatic heterocycles. The predicted molar refractivity (Wildman–Crippen MR) is 130 cm³/mol. The second-order valence-corrected chi connectivity index (χ2v) is 9.54. The third-order valence-corrected chi connectivity index (χ3v) is 7.21. The Balaban J connectivity index is 1.68. The van der Waals surface area contributed by atoms with Crippen LogP contribution in [0.2, 0.25) is 0 Å². The van der Waals surface area contributed by atoms with Gasteiger partial charge in [0.25, 0.3) is 0 Å². The van der Waals surface area contributed by atoms with Gasteiger partial charge in [-0.25, -0.2) is 0 Å². The minimum atomic E-state index is -0.308. The minimum absolute atomic E-state index is 0.0158. The molecule has 0 bridgehead atoms. The average molecular weight is 452 g/mol. The third kappa shape index (κ3) is 6.67. The summed E-state index contributed by atoms with van der Waals surface area (Å²) in [6, 6.07) is 17.7. The lowest BCUT2D eigenvalue weighted by Gasteiger charge is -2.45. The molecule has 0 spiro atoms. The number of piperidine rings is 1. The molecule has 1 saturated heterocycles. The molecule has 3 atom stereocenters. The number of likely N-dealkylation sites (tertiary alicyclic amines) is 1. The van der Waals surface area contributed by atoms with Crippen molar-refractivity contribution in [3.8, 4) is 5.75 Å². The molecule has 178 valence electrons. The van der Waals surface area contributed by atoms with Gasteiger partial charge in [-0.15, -0.1) is 0 Å². The summed E-state index contributed by atoms with van der Waals surface area (Å²) in [5.41, 5.74) is 2.29. The number of rotatable bonds is 10. The van der Waals surface area contributed by atoms with Crippen molar-refractivity contribution in [2.45, 2.75) is 51.9 Å². The minimum Gasteiger partial charge on any atom is -0.508 e. The van der Waals surface area contributed by atoms with Crippen LogP contribution in [0, 0.1) is 11.8 Å². The van der Waals surface area contributed by atoms with Crippen LogP contribution in [-0.2, 0) is 26.2 Å². The first-order valence-electron chi connectivity index (χ1n) is 12.1. The quantitative estimate of drug-likeness (QED) is 0.528. The highest BCUT2D eigenvalue weighted by Gasteiger charge is 2.39. The Morgan fingerprint density at radius 2 is 1.91 bits per heavy atom. The van der Waals surface area contributed by atoms with Crippen LogP contribution in [0.5, 0.6) is 5.75 Å². The molecule has 0 aromatic heterocycles. The van der Waals surface area contributed by atoms with Crippen LogP contribution >= 0.6 is 0 Å². The number of phenols is 1. The van der Waals surface area contributed by atoms with Crippen molar-refractivity contribution in [3.05, 3.63) is 65.7 Å². The molecule has 0 saturated carbocycles.